The molecule has 118 valence electrons. The summed E-state index contributed by atoms with van der Waals surface area (Å²) < 4.78 is 28.7. The Morgan fingerprint density at radius 3 is 2.70 bits per heavy atom. The lowest BCUT2D eigenvalue weighted by Crippen LogP contribution is -2.23. The summed E-state index contributed by atoms with van der Waals surface area (Å²) in [7, 11) is -1.75. The van der Waals surface area contributed by atoms with Gasteiger partial charge in [0.1, 0.15) is 4.90 Å². The Morgan fingerprint density at radius 2 is 2.00 bits per heavy atom. The van der Waals surface area contributed by atoms with Crippen LogP contribution in [-0.4, -0.2) is 28.2 Å². The van der Waals surface area contributed by atoms with E-state index in [0.29, 0.717) is 0 Å². The molecule has 0 amide bonds. The van der Waals surface area contributed by atoms with Crippen molar-refractivity contribution in [1.29, 1.82) is 0 Å². The van der Waals surface area contributed by atoms with Crippen molar-refractivity contribution in [2.45, 2.75) is 11.4 Å². The normalized spacial score (nSPS) is 11.5. The van der Waals surface area contributed by atoms with Crippen molar-refractivity contribution >= 4 is 10.0 Å². The first-order valence-electron chi connectivity index (χ1n) is 6.88. The molecule has 3 aromatic heterocycles. The first-order chi connectivity index (χ1) is 11.1. The molecule has 3 rings (SSSR count). The maximum atomic E-state index is 12.2. The molecule has 3 heterocycles. The number of hydrogen-bond acceptors (Lipinski definition) is 5. The van der Waals surface area contributed by atoms with E-state index in [1.165, 1.54) is 18.5 Å². The molecule has 0 spiro atoms. The standard InChI is InChI=1S/C15H15N5O2S/c1-20-15(4-6-18-20)13-7-12(8-17-10-13)9-19-23(21,22)14-3-2-5-16-11-14/h2-8,10-11,19H,9H2,1H3. The molecule has 0 saturated heterocycles. The lowest BCUT2D eigenvalue weighted by atomic mass is 10.1. The highest BCUT2D eigenvalue weighted by Gasteiger charge is 2.14. The van der Waals surface area contributed by atoms with E-state index in [9.17, 15) is 8.42 Å². The number of aryl methyl sites for hydroxylation is 1. The number of aromatic nitrogens is 4. The number of sulfonamides is 1. The zero-order valence-electron chi connectivity index (χ0n) is 12.4. The van der Waals surface area contributed by atoms with Gasteiger partial charge in [0.15, 0.2) is 0 Å². The number of nitrogens with zero attached hydrogens (tertiary/aromatic N) is 4. The molecule has 0 aliphatic carbocycles. The van der Waals surface area contributed by atoms with Gasteiger partial charge in [-0.05, 0) is 29.8 Å². The Kier molecular flexibility index (Phi) is 4.18. The molecule has 0 aliphatic heterocycles. The van der Waals surface area contributed by atoms with Crippen LogP contribution in [0.4, 0.5) is 0 Å². The zero-order valence-corrected chi connectivity index (χ0v) is 13.2. The van der Waals surface area contributed by atoms with Gasteiger partial charge in [-0.25, -0.2) is 13.1 Å². The first kappa shape index (κ1) is 15.3. The molecule has 8 heteroatoms. The molecule has 0 bridgehead atoms. The average Bonchev–Trinajstić information content (AvgIpc) is 3.00. The van der Waals surface area contributed by atoms with E-state index in [4.69, 9.17) is 0 Å². The SMILES string of the molecule is Cn1nccc1-c1cncc(CNS(=O)(=O)c2cccnc2)c1. The minimum Gasteiger partial charge on any atom is -0.268 e. The molecule has 3 aromatic rings. The third kappa shape index (κ3) is 3.43. The van der Waals surface area contributed by atoms with Gasteiger partial charge in [0.2, 0.25) is 10.0 Å². The summed E-state index contributed by atoms with van der Waals surface area (Å²) >= 11 is 0. The summed E-state index contributed by atoms with van der Waals surface area (Å²) in [6.45, 7) is 0.149. The second-order valence-electron chi connectivity index (χ2n) is 4.94. The molecule has 0 aliphatic rings. The smallest absolute Gasteiger partial charge is 0.242 e. The van der Waals surface area contributed by atoms with Gasteiger partial charge in [-0.15, -0.1) is 0 Å². The van der Waals surface area contributed by atoms with Gasteiger partial charge in [-0.3, -0.25) is 14.6 Å². The van der Waals surface area contributed by atoms with Gasteiger partial charge in [0.05, 0.1) is 5.69 Å². The monoisotopic (exact) mass is 329 g/mol. The van der Waals surface area contributed by atoms with Gasteiger partial charge in [0.25, 0.3) is 0 Å². The van der Waals surface area contributed by atoms with Crippen molar-refractivity contribution in [3.8, 4) is 11.3 Å². The average molecular weight is 329 g/mol. The third-order valence-electron chi connectivity index (χ3n) is 3.32. The number of nitrogens with one attached hydrogen (secondary N) is 1. The fourth-order valence-electron chi connectivity index (χ4n) is 2.15. The maximum Gasteiger partial charge on any atom is 0.242 e. The molecule has 0 aromatic carbocycles. The Balaban J connectivity index is 1.78. The van der Waals surface area contributed by atoms with Crippen LogP contribution in [0.15, 0.2) is 60.1 Å². The predicted octanol–water partition coefficient (Wildman–Crippen LogP) is 1.36. The van der Waals surface area contributed by atoms with Crippen LogP contribution >= 0.6 is 0 Å². The van der Waals surface area contributed by atoms with Crippen LogP contribution in [0.25, 0.3) is 11.3 Å². The van der Waals surface area contributed by atoms with Crippen molar-refractivity contribution in [2.24, 2.45) is 7.05 Å². The van der Waals surface area contributed by atoms with E-state index in [1.807, 2.05) is 19.2 Å². The summed E-state index contributed by atoms with van der Waals surface area (Å²) in [4.78, 5) is 8.12. The second kappa shape index (κ2) is 6.27. The van der Waals surface area contributed by atoms with E-state index in [0.717, 1.165) is 16.8 Å². The summed E-state index contributed by atoms with van der Waals surface area (Å²) in [6, 6.07) is 6.84. The molecule has 0 unspecified atom stereocenters. The van der Waals surface area contributed by atoms with Crippen LogP contribution in [0, 0.1) is 0 Å². The van der Waals surface area contributed by atoms with Gasteiger partial charge in [-0.1, -0.05) is 0 Å². The summed E-state index contributed by atoms with van der Waals surface area (Å²) in [5, 5.41) is 4.12. The summed E-state index contributed by atoms with van der Waals surface area (Å²) in [6.07, 6.45) is 7.89. The predicted molar refractivity (Wildman–Crippen MR) is 84.7 cm³/mol. The van der Waals surface area contributed by atoms with Crippen LogP contribution in [0.2, 0.25) is 0 Å². The number of hydrogen-bond donors (Lipinski definition) is 1. The minimum absolute atomic E-state index is 0.135. The van der Waals surface area contributed by atoms with Crippen molar-refractivity contribution in [3.05, 3.63) is 60.8 Å². The van der Waals surface area contributed by atoms with Crippen molar-refractivity contribution in [1.82, 2.24) is 24.5 Å². The van der Waals surface area contributed by atoms with Gasteiger partial charge in [0, 0.05) is 50.1 Å². The van der Waals surface area contributed by atoms with Crippen LogP contribution < -0.4 is 4.72 Å². The molecule has 7 nitrogen and oxygen atoms in total. The van der Waals surface area contributed by atoms with Gasteiger partial charge in [-0.2, -0.15) is 5.10 Å². The van der Waals surface area contributed by atoms with Gasteiger partial charge < -0.3 is 0 Å². The van der Waals surface area contributed by atoms with E-state index in [1.54, 1.807) is 29.3 Å². The van der Waals surface area contributed by atoms with Crippen LogP contribution in [0.5, 0.6) is 0 Å². The molecule has 1 N–H and O–H groups in total. The Morgan fingerprint density at radius 1 is 1.13 bits per heavy atom. The van der Waals surface area contributed by atoms with Crippen molar-refractivity contribution in [3.63, 3.8) is 0 Å². The molecule has 0 radical (unpaired) electrons. The summed E-state index contributed by atoms with van der Waals surface area (Å²) in [5.41, 5.74) is 2.55. The minimum atomic E-state index is -3.59. The van der Waals surface area contributed by atoms with E-state index >= 15 is 0 Å². The Bertz CT molecular complexity index is 906. The molecule has 0 atom stereocenters. The molecule has 23 heavy (non-hydrogen) atoms. The highest BCUT2D eigenvalue weighted by Crippen LogP contribution is 2.18. The first-order valence-corrected chi connectivity index (χ1v) is 8.36. The van der Waals surface area contributed by atoms with E-state index < -0.39 is 10.0 Å². The molecule has 0 saturated carbocycles. The zero-order chi connectivity index (χ0) is 16.3. The topological polar surface area (TPSA) is 89.8 Å². The van der Waals surface area contributed by atoms with Crippen molar-refractivity contribution in [2.75, 3.05) is 0 Å². The number of rotatable bonds is 5. The highest BCUT2D eigenvalue weighted by molar-refractivity contribution is 7.89. The van der Waals surface area contributed by atoms with E-state index in [2.05, 4.69) is 19.8 Å². The maximum absolute atomic E-state index is 12.2. The second-order valence-corrected chi connectivity index (χ2v) is 6.70. The fraction of sp³-hybridized carbons (Fsp3) is 0.133. The van der Waals surface area contributed by atoms with Gasteiger partial charge >= 0.3 is 0 Å². The van der Waals surface area contributed by atoms with Crippen molar-refractivity contribution < 1.29 is 8.42 Å². The molecular weight excluding hydrogens is 314 g/mol. The highest BCUT2D eigenvalue weighted by atomic mass is 32.2. The quantitative estimate of drug-likeness (QED) is 0.763. The fourth-order valence-corrected chi connectivity index (χ4v) is 3.13. The summed E-state index contributed by atoms with van der Waals surface area (Å²) in [5.74, 6) is 0. The molecule has 0 fully saturated rings. The molecular formula is C15H15N5O2S. The number of pyridine rings is 2. The largest absolute Gasteiger partial charge is 0.268 e. The van der Waals surface area contributed by atoms with Crippen LogP contribution in [0.3, 0.4) is 0 Å². The third-order valence-corrected chi connectivity index (χ3v) is 4.71. The van der Waals surface area contributed by atoms with Crippen LogP contribution in [-0.2, 0) is 23.6 Å². The lowest BCUT2D eigenvalue weighted by Gasteiger charge is -2.08. The Labute approximate surface area is 134 Å². The lowest BCUT2D eigenvalue weighted by molar-refractivity contribution is 0.581. The van der Waals surface area contributed by atoms with Crippen LogP contribution in [0.1, 0.15) is 5.56 Å². The Hall–Kier alpha value is -2.58. The van der Waals surface area contributed by atoms with E-state index in [-0.39, 0.29) is 11.4 Å².